The second-order valence-electron chi connectivity index (χ2n) is 6.67. The summed E-state index contributed by atoms with van der Waals surface area (Å²) in [6.07, 6.45) is 1.56. The van der Waals surface area contributed by atoms with Gasteiger partial charge in [0.05, 0.1) is 17.7 Å². The molecule has 0 saturated heterocycles. The Hall–Kier alpha value is -2.90. The van der Waals surface area contributed by atoms with Crippen LogP contribution in [-0.2, 0) is 4.79 Å². The van der Waals surface area contributed by atoms with Crippen LogP contribution in [0.15, 0.2) is 65.3 Å². The van der Waals surface area contributed by atoms with Crippen LogP contribution in [0.3, 0.4) is 0 Å². The SMILES string of the molecule is CCOc1ccc(-c2csc3ncnc(SCC(=O)Nc4cccc(C)c4)c23)cc1. The summed E-state index contributed by atoms with van der Waals surface area (Å²) < 4.78 is 5.54. The number of nitrogens with zero attached hydrogens (tertiary/aromatic N) is 2. The molecule has 5 nitrogen and oxygen atoms in total. The summed E-state index contributed by atoms with van der Waals surface area (Å²) in [5.74, 6) is 1.06. The summed E-state index contributed by atoms with van der Waals surface area (Å²) in [6, 6.07) is 15.8. The Bertz CT molecular complexity index is 1170. The van der Waals surface area contributed by atoms with Gasteiger partial charge in [0.1, 0.15) is 21.9 Å². The van der Waals surface area contributed by atoms with Crippen LogP contribution in [0.2, 0.25) is 0 Å². The van der Waals surface area contributed by atoms with Gasteiger partial charge in [0.2, 0.25) is 5.91 Å². The number of thioether (sulfide) groups is 1. The molecule has 0 aliphatic carbocycles. The Labute approximate surface area is 183 Å². The summed E-state index contributed by atoms with van der Waals surface area (Å²) in [6.45, 7) is 4.61. The van der Waals surface area contributed by atoms with Gasteiger partial charge < -0.3 is 10.1 Å². The van der Waals surface area contributed by atoms with Crippen molar-refractivity contribution in [1.29, 1.82) is 0 Å². The number of rotatable bonds is 7. The lowest BCUT2D eigenvalue weighted by Gasteiger charge is -2.08. The number of aromatic nitrogens is 2. The van der Waals surface area contributed by atoms with Gasteiger partial charge in [0, 0.05) is 16.6 Å². The minimum Gasteiger partial charge on any atom is -0.494 e. The van der Waals surface area contributed by atoms with E-state index in [-0.39, 0.29) is 11.7 Å². The van der Waals surface area contributed by atoms with E-state index < -0.39 is 0 Å². The highest BCUT2D eigenvalue weighted by atomic mass is 32.2. The summed E-state index contributed by atoms with van der Waals surface area (Å²) in [7, 11) is 0. The van der Waals surface area contributed by atoms with Crippen LogP contribution in [0.1, 0.15) is 12.5 Å². The molecule has 0 radical (unpaired) electrons. The van der Waals surface area contributed by atoms with Gasteiger partial charge in [-0.05, 0) is 49.2 Å². The maximum Gasteiger partial charge on any atom is 0.234 e. The number of ether oxygens (including phenoxy) is 1. The first kappa shape index (κ1) is 20.4. The number of aryl methyl sites for hydroxylation is 1. The zero-order valence-electron chi connectivity index (χ0n) is 16.7. The number of carbonyl (C=O) groups is 1. The summed E-state index contributed by atoms with van der Waals surface area (Å²) >= 11 is 3.00. The molecule has 152 valence electrons. The topological polar surface area (TPSA) is 64.1 Å². The number of carbonyl (C=O) groups excluding carboxylic acids is 1. The zero-order chi connectivity index (χ0) is 20.9. The number of hydrogen-bond donors (Lipinski definition) is 1. The fourth-order valence-electron chi connectivity index (χ4n) is 3.12. The van der Waals surface area contributed by atoms with Gasteiger partial charge in [0.25, 0.3) is 0 Å². The molecule has 0 aliphatic rings. The molecule has 0 atom stereocenters. The van der Waals surface area contributed by atoms with E-state index in [2.05, 4.69) is 20.7 Å². The highest BCUT2D eigenvalue weighted by molar-refractivity contribution is 8.00. The van der Waals surface area contributed by atoms with Crippen LogP contribution >= 0.6 is 23.1 Å². The Morgan fingerprint density at radius 1 is 1.17 bits per heavy atom. The molecule has 0 aliphatic heterocycles. The van der Waals surface area contributed by atoms with Crippen LogP contribution in [0.5, 0.6) is 5.75 Å². The minimum atomic E-state index is -0.0600. The molecular formula is C23H21N3O2S2. The molecule has 2 aromatic carbocycles. The number of anilines is 1. The number of hydrogen-bond acceptors (Lipinski definition) is 6. The van der Waals surface area contributed by atoms with Crippen molar-refractivity contribution in [3.8, 4) is 16.9 Å². The van der Waals surface area contributed by atoms with Gasteiger partial charge >= 0.3 is 0 Å². The number of fused-ring (bicyclic) bond motifs is 1. The van der Waals surface area contributed by atoms with Gasteiger partial charge in [-0.15, -0.1) is 11.3 Å². The Balaban J connectivity index is 1.54. The monoisotopic (exact) mass is 435 g/mol. The average molecular weight is 436 g/mol. The maximum absolute atomic E-state index is 12.4. The van der Waals surface area contributed by atoms with Crippen LogP contribution < -0.4 is 10.1 Å². The number of benzene rings is 2. The first-order valence-electron chi connectivity index (χ1n) is 9.59. The lowest BCUT2D eigenvalue weighted by Crippen LogP contribution is -2.14. The van der Waals surface area contributed by atoms with Gasteiger partial charge in [-0.2, -0.15) is 0 Å². The van der Waals surface area contributed by atoms with Crippen molar-refractivity contribution in [2.45, 2.75) is 18.9 Å². The molecule has 0 fully saturated rings. The van der Waals surface area contributed by atoms with Gasteiger partial charge in [-0.1, -0.05) is 36.0 Å². The fourth-order valence-corrected chi connectivity index (χ4v) is 4.91. The average Bonchev–Trinajstić information content (AvgIpc) is 3.18. The quantitative estimate of drug-likeness (QED) is 0.294. The lowest BCUT2D eigenvalue weighted by atomic mass is 10.1. The standard InChI is InChI=1S/C23H21N3O2S2/c1-3-28-18-9-7-16(8-10-18)19-12-29-22-21(19)23(25-14-24-22)30-13-20(27)26-17-6-4-5-15(2)11-17/h4-12,14H,3,13H2,1-2H3,(H,26,27). The molecule has 1 N–H and O–H groups in total. The second kappa shape index (κ2) is 9.28. The van der Waals surface area contributed by atoms with Crippen LogP contribution in [0.25, 0.3) is 21.3 Å². The molecular weight excluding hydrogens is 414 g/mol. The van der Waals surface area contributed by atoms with Crippen LogP contribution in [0.4, 0.5) is 5.69 Å². The fraction of sp³-hybridized carbons (Fsp3) is 0.174. The third kappa shape index (κ3) is 4.63. The van der Waals surface area contributed by atoms with E-state index in [4.69, 9.17) is 4.74 Å². The first-order valence-corrected chi connectivity index (χ1v) is 11.5. The summed E-state index contributed by atoms with van der Waals surface area (Å²) in [5, 5.41) is 6.83. The highest BCUT2D eigenvalue weighted by Gasteiger charge is 2.15. The molecule has 0 bridgehead atoms. The van der Waals surface area contributed by atoms with E-state index in [0.717, 1.165) is 43.4 Å². The molecule has 0 unspecified atom stereocenters. The number of amides is 1. The predicted molar refractivity (Wildman–Crippen MR) is 125 cm³/mol. The largest absolute Gasteiger partial charge is 0.494 e. The second-order valence-corrected chi connectivity index (χ2v) is 8.49. The van der Waals surface area contributed by atoms with Crippen molar-refractivity contribution in [3.05, 3.63) is 65.8 Å². The van der Waals surface area contributed by atoms with Gasteiger partial charge in [-0.25, -0.2) is 9.97 Å². The number of nitrogens with one attached hydrogen (secondary N) is 1. The van der Waals surface area contributed by atoms with Gasteiger partial charge in [0.15, 0.2) is 0 Å². The third-order valence-electron chi connectivity index (χ3n) is 4.45. The van der Waals surface area contributed by atoms with Crippen molar-refractivity contribution in [2.24, 2.45) is 0 Å². The summed E-state index contributed by atoms with van der Waals surface area (Å²) in [4.78, 5) is 22.2. The molecule has 4 aromatic rings. The van der Waals surface area contributed by atoms with E-state index in [0.29, 0.717) is 6.61 Å². The molecule has 1 amide bonds. The Morgan fingerprint density at radius 2 is 2.00 bits per heavy atom. The van der Waals surface area contributed by atoms with E-state index in [1.54, 1.807) is 17.7 Å². The van der Waals surface area contributed by atoms with Crippen molar-refractivity contribution >= 4 is 44.9 Å². The van der Waals surface area contributed by atoms with Gasteiger partial charge in [-0.3, -0.25) is 4.79 Å². The van der Waals surface area contributed by atoms with Crippen LogP contribution in [-0.4, -0.2) is 28.2 Å². The van der Waals surface area contributed by atoms with E-state index in [9.17, 15) is 4.79 Å². The first-order chi connectivity index (χ1) is 14.6. The predicted octanol–water partition coefficient (Wildman–Crippen LogP) is 5.80. The molecule has 30 heavy (non-hydrogen) atoms. The third-order valence-corrected chi connectivity index (χ3v) is 6.33. The smallest absolute Gasteiger partial charge is 0.234 e. The van der Waals surface area contributed by atoms with E-state index >= 15 is 0 Å². The number of thiophene rings is 1. The van der Waals surface area contributed by atoms with Crippen molar-refractivity contribution in [3.63, 3.8) is 0 Å². The molecule has 4 rings (SSSR count). The Morgan fingerprint density at radius 3 is 2.77 bits per heavy atom. The molecule has 0 saturated carbocycles. The van der Waals surface area contributed by atoms with Crippen molar-refractivity contribution in [2.75, 3.05) is 17.7 Å². The molecule has 2 heterocycles. The Kier molecular flexibility index (Phi) is 6.30. The van der Waals surface area contributed by atoms with E-state index in [1.165, 1.54) is 11.8 Å². The normalized spacial score (nSPS) is 10.9. The highest BCUT2D eigenvalue weighted by Crippen LogP contribution is 2.38. The maximum atomic E-state index is 12.4. The minimum absolute atomic E-state index is 0.0600. The molecule has 7 heteroatoms. The molecule has 2 aromatic heterocycles. The van der Waals surface area contributed by atoms with Crippen molar-refractivity contribution in [1.82, 2.24) is 9.97 Å². The summed E-state index contributed by atoms with van der Waals surface area (Å²) in [5.41, 5.74) is 4.06. The van der Waals surface area contributed by atoms with E-state index in [1.807, 2.05) is 62.4 Å². The molecule has 0 spiro atoms. The lowest BCUT2D eigenvalue weighted by molar-refractivity contribution is -0.113. The van der Waals surface area contributed by atoms with Crippen LogP contribution in [0, 0.1) is 6.92 Å². The zero-order valence-corrected chi connectivity index (χ0v) is 18.3. The van der Waals surface area contributed by atoms with Crippen molar-refractivity contribution < 1.29 is 9.53 Å².